The smallest absolute Gasteiger partial charge is 0.0477 e. The van der Waals surface area contributed by atoms with Crippen LogP contribution in [-0.4, -0.2) is 24.8 Å². The second-order valence-electron chi connectivity index (χ2n) is 4.30. The maximum absolute atomic E-state index is 9.26. The number of hydrogen-bond donors (Lipinski definition) is 2. The molecule has 0 aromatic heterocycles. The predicted molar refractivity (Wildman–Crippen MR) is 62.0 cm³/mol. The maximum atomic E-state index is 9.26. The monoisotopic (exact) mass is 205 g/mol. The van der Waals surface area contributed by atoms with Crippen molar-refractivity contribution in [2.45, 2.75) is 19.3 Å². The molecule has 1 aromatic rings. The minimum Gasteiger partial charge on any atom is -0.396 e. The van der Waals surface area contributed by atoms with Gasteiger partial charge in [-0.15, -0.1) is 0 Å². The maximum Gasteiger partial charge on any atom is 0.0477 e. The van der Waals surface area contributed by atoms with Gasteiger partial charge in [0.15, 0.2) is 0 Å². The summed E-state index contributed by atoms with van der Waals surface area (Å²) in [6.07, 6.45) is 1.09. The lowest BCUT2D eigenvalue weighted by Crippen LogP contribution is -2.14. The van der Waals surface area contributed by atoms with Gasteiger partial charge in [-0.1, -0.05) is 31.2 Å². The summed E-state index contributed by atoms with van der Waals surface area (Å²) in [4.78, 5) is 0. The number of aliphatic hydroxyl groups excluding tert-OH is 1. The molecule has 1 aromatic carbocycles. The third kappa shape index (κ3) is 2.21. The lowest BCUT2D eigenvalue weighted by Gasteiger charge is -2.16. The molecule has 2 nitrogen and oxygen atoms in total. The second-order valence-corrected chi connectivity index (χ2v) is 4.30. The van der Waals surface area contributed by atoms with Crippen LogP contribution in [0.4, 0.5) is 0 Å². The first-order valence-electron chi connectivity index (χ1n) is 5.75. The van der Waals surface area contributed by atoms with E-state index in [0.29, 0.717) is 11.8 Å². The van der Waals surface area contributed by atoms with Gasteiger partial charge in [-0.05, 0) is 17.5 Å². The van der Waals surface area contributed by atoms with Crippen molar-refractivity contribution in [1.29, 1.82) is 0 Å². The molecular weight excluding hydrogens is 186 g/mol. The molecule has 1 heterocycles. The minimum atomic E-state index is 0.285. The van der Waals surface area contributed by atoms with E-state index in [2.05, 4.69) is 36.5 Å². The van der Waals surface area contributed by atoms with E-state index in [1.165, 1.54) is 11.1 Å². The summed E-state index contributed by atoms with van der Waals surface area (Å²) in [6, 6.07) is 8.81. The van der Waals surface area contributed by atoms with Crippen LogP contribution in [0.25, 0.3) is 0 Å². The number of aliphatic hydroxyl groups is 1. The van der Waals surface area contributed by atoms with Crippen LogP contribution in [0.2, 0.25) is 0 Å². The van der Waals surface area contributed by atoms with Crippen molar-refractivity contribution in [2.24, 2.45) is 5.92 Å². The van der Waals surface area contributed by atoms with Gasteiger partial charge in [-0.3, -0.25) is 0 Å². The van der Waals surface area contributed by atoms with E-state index in [-0.39, 0.29) is 6.61 Å². The topological polar surface area (TPSA) is 32.3 Å². The molecule has 0 amide bonds. The van der Waals surface area contributed by atoms with Gasteiger partial charge in [-0.2, -0.15) is 0 Å². The molecule has 1 aliphatic heterocycles. The van der Waals surface area contributed by atoms with E-state index >= 15 is 0 Å². The van der Waals surface area contributed by atoms with Crippen LogP contribution in [0, 0.1) is 5.92 Å². The Kier molecular flexibility index (Phi) is 3.39. The molecule has 0 unspecified atom stereocenters. The van der Waals surface area contributed by atoms with Gasteiger partial charge < -0.3 is 10.4 Å². The summed E-state index contributed by atoms with van der Waals surface area (Å²) in [5.74, 6) is 0.874. The largest absolute Gasteiger partial charge is 0.396 e. The molecule has 2 rings (SSSR count). The average Bonchev–Trinajstić information content (AvgIpc) is 2.77. The van der Waals surface area contributed by atoms with Crippen LogP contribution in [0.1, 0.15) is 24.0 Å². The Bertz CT molecular complexity index is 307. The SMILES string of the molecule is CCc1ccc([C@@H]2CNC[C@@H]2CO)cc1. The molecular formula is C13H19NO. The Hall–Kier alpha value is -0.860. The molecule has 2 heteroatoms. The molecule has 0 spiro atoms. The fraction of sp³-hybridized carbons (Fsp3) is 0.538. The van der Waals surface area contributed by atoms with Gasteiger partial charge in [0, 0.05) is 31.5 Å². The van der Waals surface area contributed by atoms with Gasteiger partial charge in [0.2, 0.25) is 0 Å². The van der Waals surface area contributed by atoms with Crippen LogP contribution >= 0.6 is 0 Å². The highest BCUT2D eigenvalue weighted by Gasteiger charge is 2.27. The standard InChI is InChI=1S/C13H19NO/c1-2-10-3-5-11(6-4-10)13-8-14-7-12(13)9-15/h3-6,12-15H,2,7-9H2,1H3/t12-,13+/m1/s1. The molecule has 0 radical (unpaired) electrons. The molecule has 0 saturated carbocycles. The molecule has 0 bridgehead atoms. The fourth-order valence-electron chi connectivity index (χ4n) is 2.32. The van der Waals surface area contributed by atoms with Gasteiger partial charge in [0.1, 0.15) is 0 Å². The highest BCUT2D eigenvalue weighted by molar-refractivity contribution is 5.27. The number of hydrogen-bond acceptors (Lipinski definition) is 2. The molecule has 1 fully saturated rings. The highest BCUT2D eigenvalue weighted by atomic mass is 16.3. The van der Waals surface area contributed by atoms with Crippen molar-refractivity contribution >= 4 is 0 Å². The predicted octanol–water partition coefficient (Wildman–Crippen LogP) is 1.54. The van der Waals surface area contributed by atoms with Crippen molar-refractivity contribution < 1.29 is 5.11 Å². The molecule has 2 atom stereocenters. The van der Waals surface area contributed by atoms with E-state index in [0.717, 1.165) is 19.5 Å². The quantitative estimate of drug-likeness (QED) is 0.784. The molecule has 15 heavy (non-hydrogen) atoms. The summed E-state index contributed by atoms with van der Waals surface area (Å²) in [5, 5.41) is 12.6. The van der Waals surface area contributed by atoms with Crippen LogP contribution in [0.3, 0.4) is 0 Å². The molecule has 1 saturated heterocycles. The lowest BCUT2D eigenvalue weighted by atomic mass is 9.89. The third-order valence-electron chi connectivity index (χ3n) is 3.39. The first kappa shape index (κ1) is 10.7. The van der Waals surface area contributed by atoms with Crippen molar-refractivity contribution in [3.63, 3.8) is 0 Å². The van der Waals surface area contributed by atoms with E-state index in [1.54, 1.807) is 0 Å². The zero-order valence-electron chi connectivity index (χ0n) is 9.24. The van der Waals surface area contributed by atoms with E-state index < -0.39 is 0 Å². The van der Waals surface area contributed by atoms with Gasteiger partial charge >= 0.3 is 0 Å². The van der Waals surface area contributed by atoms with E-state index in [9.17, 15) is 5.11 Å². The van der Waals surface area contributed by atoms with Crippen molar-refractivity contribution in [3.8, 4) is 0 Å². The molecule has 1 aliphatic rings. The summed E-state index contributed by atoms with van der Waals surface area (Å²) in [5.41, 5.74) is 2.74. The van der Waals surface area contributed by atoms with Crippen molar-refractivity contribution in [3.05, 3.63) is 35.4 Å². The van der Waals surface area contributed by atoms with Gasteiger partial charge in [-0.25, -0.2) is 0 Å². The number of nitrogens with one attached hydrogen (secondary N) is 1. The Balaban J connectivity index is 2.14. The van der Waals surface area contributed by atoms with Crippen molar-refractivity contribution in [1.82, 2.24) is 5.32 Å². The van der Waals surface area contributed by atoms with Crippen LogP contribution in [0.5, 0.6) is 0 Å². The highest BCUT2D eigenvalue weighted by Crippen LogP contribution is 2.27. The van der Waals surface area contributed by atoms with Crippen LogP contribution in [0.15, 0.2) is 24.3 Å². The zero-order chi connectivity index (χ0) is 10.7. The Labute approximate surface area is 91.3 Å². The number of rotatable bonds is 3. The Morgan fingerprint density at radius 2 is 2.00 bits per heavy atom. The van der Waals surface area contributed by atoms with Gasteiger partial charge in [0.25, 0.3) is 0 Å². The zero-order valence-corrected chi connectivity index (χ0v) is 9.24. The molecule has 0 aliphatic carbocycles. The summed E-state index contributed by atoms with van der Waals surface area (Å²) in [7, 11) is 0. The minimum absolute atomic E-state index is 0.285. The normalized spacial score (nSPS) is 25.7. The average molecular weight is 205 g/mol. The Morgan fingerprint density at radius 3 is 2.60 bits per heavy atom. The number of benzene rings is 1. The molecule has 82 valence electrons. The Morgan fingerprint density at radius 1 is 1.27 bits per heavy atom. The summed E-state index contributed by atoms with van der Waals surface area (Å²) in [6.45, 7) is 4.39. The van der Waals surface area contributed by atoms with E-state index in [1.807, 2.05) is 0 Å². The third-order valence-corrected chi connectivity index (χ3v) is 3.39. The van der Waals surface area contributed by atoms with E-state index in [4.69, 9.17) is 0 Å². The first-order chi connectivity index (χ1) is 7.35. The molecule has 2 N–H and O–H groups in total. The fourth-order valence-corrected chi connectivity index (χ4v) is 2.32. The summed E-state index contributed by atoms with van der Waals surface area (Å²) < 4.78 is 0. The lowest BCUT2D eigenvalue weighted by molar-refractivity contribution is 0.226. The van der Waals surface area contributed by atoms with Gasteiger partial charge in [0.05, 0.1) is 0 Å². The first-order valence-corrected chi connectivity index (χ1v) is 5.75. The second kappa shape index (κ2) is 4.77. The number of aryl methyl sites for hydroxylation is 1. The summed E-state index contributed by atoms with van der Waals surface area (Å²) >= 11 is 0. The van der Waals surface area contributed by atoms with Crippen molar-refractivity contribution in [2.75, 3.05) is 19.7 Å². The van der Waals surface area contributed by atoms with Crippen LogP contribution < -0.4 is 5.32 Å². The van der Waals surface area contributed by atoms with Crippen LogP contribution in [-0.2, 0) is 6.42 Å².